The molecule has 1 atom stereocenters. The molecule has 0 spiro atoms. The fourth-order valence-corrected chi connectivity index (χ4v) is 2.41. The molecule has 0 bridgehead atoms. The summed E-state index contributed by atoms with van der Waals surface area (Å²) in [7, 11) is -2.76. The first-order valence-electron chi connectivity index (χ1n) is 5.42. The van der Waals surface area contributed by atoms with E-state index in [-0.39, 0.29) is 0 Å². The van der Waals surface area contributed by atoms with E-state index in [1.54, 1.807) is 0 Å². The van der Waals surface area contributed by atoms with Gasteiger partial charge in [-0.1, -0.05) is 12.8 Å². The minimum absolute atomic E-state index is 0.325. The topological polar surface area (TPSA) is 60.2 Å². The lowest BCUT2D eigenvalue weighted by Gasteiger charge is -2.08. The van der Waals surface area contributed by atoms with Gasteiger partial charge in [0, 0.05) is 18.1 Å². The van der Waals surface area contributed by atoms with E-state index in [1.807, 2.05) is 0 Å². The van der Waals surface area contributed by atoms with Crippen molar-refractivity contribution >= 4 is 9.84 Å². The van der Waals surface area contributed by atoms with Gasteiger partial charge in [-0.25, -0.2) is 8.42 Å². The summed E-state index contributed by atoms with van der Waals surface area (Å²) in [4.78, 5) is 0. The second kappa shape index (κ2) is 5.12. The Balaban J connectivity index is 1.93. The summed E-state index contributed by atoms with van der Waals surface area (Å²) in [5, 5.41) is 0. The van der Waals surface area contributed by atoms with E-state index in [0.29, 0.717) is 11.8 Å². The molecule has 2 N–H and O–H groups in total. The summed E-state index contributed by atoms with van der Waals surface area (Å²) in [6.07, 6.45) is 7.81. The van der Waals surface area contributed by atoms with Gasteiger partial charge in [0.1, 0.15) is 9.84 Å². The Morgan fingerprint density at radius 3 is 2.43 bits per heavy atom. The summed E-state index contributed by atoms with van der Waals surface area (Å²) in [5.74, 6) is 1.09. The van der Waals surface area contributed by atoms with Gasteiger partial charge in [-0.2, -0.15) is 0 Å². The molecule has 1 aliphatic carbocycles. The first kappa shape index (κ1) is 12.0. The lowest BCUT2D eigenvalue weighted by molar-refractivity contribution is 0.512. The lowest BCUT2D eigenvalue weighted by atomic mass is 10.1. The summed E-state index contributed by atoms with van der Waals surface area (Å²) < 4.78 is 21.6. The molecule has 1 saturated carbocycles. The highest BCUT2D eigenvalue weighted by Gasteiger charge is 2.27. The monoisotopic (exact) mass is 219 g/mol. The summed E-state index contributed by atoms with van der Waals surface area (Å²) >= 11 is 0. The molecule has 0 aromatic carbocycles. The van der Waals surface area contributed by atoms with Gasteiger partial charge in [0.15, 0.2) is 0 Å². The van der Waals surface area contributed by atoms with Crippen molar-refractivity contribution in [2.75, 3.05) is 12.0 Å². The molecule has 3 nitrogen and oxygen atoms in total. The fraction of sp³-hybridized carbons (Fsp3) is 1.00. The van der Waals surface area contributed by atoms with Crippen LogP contribution >= 0.6 is 0 Å². The lowest BCUT2D eigenvalue weighted by Crippen LogP contribution is -2.21. The average Bonchev–Trinajstić information content (AvgIpc) is 2.83. The molecule has 4 heteroatoms. The molecule has 84 valence electrons. The van der Waals surface area contributed by atoms with Crippen LogP contribution in [0.2, 0.25) is 0 Å². The van der Waals surface area contributed by atoms with Crippen LogP contribution in [0.5, 0.6) is 0 Å². The van der Waals surface area contributed by atoms with Crippen LogP contribution in [-0.4, -0.2) is 26.5 Å². The van der Waals surface area contributed by atoms with E-state index in [1.165, 1.54) is 19.1 Å². The van der Waals surface area contributed by atoms with E-state index >= 15 is 0 Å². The fourth-order valence-electron chi connectivity index (χ4n) is 1.68. The molecule has 0 amide bonds. The summed E-state index contributed by atoms with van der Waals surface area (Å²) in [6, 6.07) is 0.369. The van der Waals surface area contributed by atoms with Crippen molar-refractivity contribution in [1.29, 1.82) is 0 Å². The van der Waals surface area contributed by atoms with Gasteiger partial charge in [-0.05, 0) is 31.6 Å². The van der Waals surface area contributed by atoms with Gasteiger partial charge in [0.2, 0.25) is 0 Å². The van der Waals surface area contributed by atoms with Crippen LogP contribution in [0.1, 0.15) is 38.5 Å². The van der Waals surface area contributed by atoms with Crippen LogP contribution in [0.25, 0.3) is 0 Å². The highest BCUT2D eigenvalue weighted by Crippen LogP contribution is 2.33. The molecular formula is C10H21NO2S. The standard InChI is InChI=1S/C10H21NO2S/c1-14(12,13)8-4-2-3-5-10(11)9-6-7-9/h9-10H,2-8,11H2,1H3. The van der Waals surface area contributed by atoms with Crippen molar-refractivity contribution in [3.63, 3.8) is 0 Å². The van der Waals surface area contributed by atoms with Crippen LogP contribution < -0.4 is 5.73 Å². The van der Waals surface area contributed by atoms with Crippen molar-refractivity contribution in [3.05, 3.63) is 0 Å². The van der Waals surface area contributed by atoms with Gasteiger partial charge in [0.05, 0.1) is 0 Å². The third-order valence-corrected chi connectivity index (χ3v) is 3.81. The van der Waals surface area contributed by atoms with E-state index in [9.17, 15) is 8.42 Å². The molecule has 14 heavy (non-hydrogen) atoms. The Labute approximate surface area is 87.0 Å². The van der Waals surface area contributed by atoms with Crippen LogP contribution in [-0.2, 0) is 9.84 Å². The van der Waals surface area contributed by atoms with Crippen molar-refractivity contribution in [2.24, 2.45) is 11.7 Å². The second-order valence-electron chi connectivity index (χ2n) is 4.48. The Morgan fingerprint density at radius 2 is 1.93 bits per heavy atom. The first-order chi connectivity index (χ1) is 6.49. The van der Waals surface area contributed by atoms with Crippen molar-refractivity contribution < 1.29 is 8.42 Å². The Bertz CT molecular complexity index is 257. The number of hydrogen-bond acceptors (Lipinski definition) is 3. The second-order valence-corrected chi connectivity index (χ2v) is 6.74. The highest BCUT2D eigenvalue weighted by atomic mass is 32.2. The summed E-state index contributed by atoms with van der Waals surface area (Å²) in [6.45, 7) is 0. The molecule has 1 fully saturated rings. The zero-order valence-electron chi connectivity index (χ0n) is 8.91. The number of rotatable bonds is 7. The maximum atomic E-state index is 10.8. The van der Waals surface area contributed by atoms with Crippen LogP contribution in [0, 0.1) is 5.92 Å². The van der Waals surface area contributed by atoms with E-state index in [0.717, 1.165) is 31.6 Å². The number of unbranched alkanes of at least 4 members (excludes halogenated alkanes) is 2. The van der Waals surface area contributed by atoms with Gasteiger partial charge >= 0.3 is 0 Å². The normalized spacial score (nSPS) is 19.6. The van der Waals surface area contributed by atoms with Gasteiger partial charge in [0.25, 0.3) is 0 Å². The number of hydrogen-bond donors (Lipinski definition) is 1. The number of nitrogens with two attached hydrogens (primary N) is 1. The molecule has 0 aliphatic heterocycles. The zero-order valence-corrected chi connectivity index (χ0v) is 9.72. The summed E-state index contributed by atoms with van der Waals surface area (Å²) in [5.41, 5.74) is 5.93. The number of sulfone groups is 1. The quantitative estimate of drug-likeness (QED) is 0.657. The van der Waals surface area contributed by atoms with Crippen molar-refractivity contribution in [2.45, 2.75) is 44.6 Å². The molecule has 0 aromatic heterocycles. The first-order valence-corrected chi connectivity index (χ1v) is 7.48. The van der Waals surface area contributed by atoms with Crippen LogP contribution in [0.4, 0.5) is 0 Å². The van der Waals surface area contributed by atoms with E-state index in [4.69, 9.17) is 5.73 Å². The minimum Gasteiger partial charge on any atom is -0.327 e. The molecule has 0 radical (unpaired) electrons. The SMILES string of the molecule is CS(=O)(=O)CCCCCC(N)C1CC1. The Kier molecular flexibility index (Phi) is 4.38. The largest absolute Gasteiger partial charge is 0.327 e. The molecule has 0 aromatic rings. The van der Waals surface area contributed by atoms with Crippen molar-refractivity contribution in [3.8, 4) is 0 Å². The maximum Gasteiger partial charge on any atom is 0.147 e. The highest BCUT2D eigenvalue weighted by molar-refractivity contribution is 7.90. The molecule has 0 heterocycles. The van der Waals surface area contributed by atoms with Gasteiger partial charge in [-0.3, -0.25) is 0 Å². The Morgan fingerprint density at radius 1 is 1.29 bits per heavy atom. The molecular weight excluding hydrogens is 198 g/mol. The smallest absolute Gasteiger partial charge is 0.147 e. The molecule has 1 rings (SSSR count). The van der Waals surface area contributed by atoms with Gasteiger partial charge < -0.3 is 5.73 Å². The molecule has 0 saturated heterocycles. The van der Waals surface area contributed by atoms with E-state index in [2.05, 4.69) is 0 Å². The third kappa shape index (κ3) is 5.60. The average molecular weight is 219 g/mol. The van der Waals surface area contributed by atoms with Crippen LogP contribution in [0.3, 0.4) is 0 Å². The Hall–Kier alpha value is -0.0900. The van der Waals surface area contributed by atoms with Crippen LogP contribution in [0.15, 0.2) is 0 Å². The zero-order chi connectivity index (χ0) is 10.6. The maximum absolute atomic E-state index is 10.8. The third-order valence-electron chi connectivity index (χ3n) is 2.78. The van der Waals surface area contributed by atoms with Crippen molar-refractivity contribution in [1.82, 2.24) is 0 Å². The predicted octanol–water partition coefficient (Wildman–Crippen LogP) is 1.33. The van der Waals surface area contributed by atoms with Gasteiger partial charge in [-0.15, -0.1) is 0 Å². The molecule has 1 aliphatic rings. The molecule has 1 unspecified atom stereocenters. The predicted molar refractivity (Wildman–Crippen MR) is 58.9 cm³/mol. The minimum atomic E-state index is -2.76. The van der Waals surface area contributed by atoms with E-state index < -0.39 is 9.84 Å².